The molecule has 1 aromatic heterocycles. The van der Waals surface area contributed by atoms with Gasteiger partial charge in [0.05, 0.1) is 31.9 Å². The van der Waals surface area contributed by atoms with Crippen LogP contribution in [-0.2, 0) is 0 Å². The molecule has 0 saturated carbocycles. The van der Waals surface area contributed by atoms with Gasteiger partial charge < -0.3 is 19.5 Å². The van der Waals surface area contributed by atoms with E-state index in [1.54, 1.807) is 24.3 Å². The summed E-state index contributed by atoms with van der Waals surface area (Å²) in [5.41, 5.74) is 1.35. The Kier molecular flexibility index (Phi) is 6.66. The Morgan fingerprint density at radius 2 is 1.62 bits per heavy atom. The standard InChI is InChI=1S/C21H20BrN3O4/c1-13(14-8-10-15(22)11-9-14)23-20(26)16-6-4-5-7-17(16)29-21-24-18(27-2)12-19(25-21)28-3/h4-13H,1-3H3,(H,23,26)/t13-/m1/s1. The van der Waals surface area contributed by atoms with Crippen molar-refractivity contribution in [3.8, 4) is 23.5 Å². The first-order valence-electron chi connectivity index (χ1n) is 8.80. The van der Waals surface area contributed by atoms with E-state index in [1.807, 2.05) is 31.2 Å². The van der Waals surface area contributed by atoms with Crippen LogP contribution in [0.4, 0.5) is 0 Å². The number of aromatic nitrogens is 2. The predicted molar refractivity (Wildman–Crippen MR) is 112 cm³/mol. The smallest absolute Gasteiger partial charge is 0.328 e. The minimum Gasteiger partial charge on any atom is -0.481 e. The summed E-state index contributed by atoms with van der Waals surface area (Å²) in [4.78, 5) is 21.1. The molecule has 1 N–H and O–H groups in total. The van der Waals surface area contributed by atoms with Crippen LogP contribution in [0.2, 0.25) is 0 Å². The third kappa shape index (κ3) is 5.23. The van der Waals surface area contributed by atoms with Crippen LogP contribution in [0.15, 0.2) is 59.1 Å². The summed E-state index contributed by atoms with van der Waals surface area (Å²) >= 11 is 3.41. The van der Waals surface area contributed by atoms with Crippen LogP contribution in [-0.4, -0.2) is 30.1 Å². The normalized spacial score (nSPS) is 11.4. The van der Waals surface area contributed by atoms with Gasteiger partial charge in [-0.2, -0.15) is 9.97 Å². The first-order valence-corrected chi connectivity index (χ1v) is 9.59. The van der Waals surface area contributed by atoms with Crippen LogP contribution in [0.1, 0.15) is 28.9 Å². The number of nitrogens with zero attached hydrogens (tertiary/aromatic N) is 2. The summed E-state index contributed by atoms with van der Waals surface area (Å²) in [6.07, 6.45) is 0. The van der Waals surface area contributed by atoms with E-state index in [2.05, 4.69) is 31.2 Å². The number of ether oxygens (including phenoxy) is 3. The molecule has 0 unspecified atom stereocenters. The first-order chi connectivity index (χ1) is 14.0. The molecule has 150 valence electrons. The predicted octanol–water partition coefficient (Wildman–Crippen LogP) is 4.54. The van der Waals surface area contributed by atoms with Gasteiger partial charge in [0, 0.05) is 4.47 Å². The minimum atomic E-state index is -0.272. The van der Waals surface area contributed by atoms with Crippen molar-refractivity contribution >= 4 is 21.8 Å². The SMILES string of the molecule is COc1cc(OC)nc(Oc2ccccc2C(=O)N[C@H](C)c2ccc(Br)cc2)n1. The molecule has 0 bridgehead atoms. The van der Waals surface area contributed by atoms with Crippen LogP contribution in [0, 0.1) is 0 Å². The van der Waals surface area contributed by atoms with Crippen molar-refractivity contribution in [1.82, 2.24) is 15.3 Å². The number of amides is 1. The molecule has 1 heterocycles. The third-order valence-electron chi connectivity index (χ3n) is 4.13. The summed E-state index contributed by atoms with van der Waals surface area (Å²) in [5, 5.41) is 2.98. The summed E-state index contributed by atoms with van der Waals surface area (Å²) in [6, 6.07) is 16.0. The number of carbonyl (C=O) groups is 1. The van der Waals surface area contributed by atoms with Crippen LogP contribution in [0.25, 0.3) is 0 Å². The molecule has 0 aliphatic carbocycles. The summed E-state index contributed by atoms with van der Waals surface area (Å²) < 4.78 is 17.0. The van der Waals surface area contributed by atoms with E-state index in [1.165, 1.54) is 20.3 Å². The molecule has 0 saturated heterocycles. The highest BCUT2D eigenvalue weighted by atomic mass is 79.9. The maximum absolute atomic E-state index is 12.9. The monoisotopic (exact) mass is 457 g/mol. The zero-order valence-electron chi connectivity index (χ0n) is 16.2. The molecule has 2 aromatic carbocycles. The van der Waals surface area contributed by atoms with Gasteiger partial charge in [0.25, 0.3) is 5.91 Å². The number of rotatable bonds is 7. The van der Waals surface area contributed by atoms with E-state index >= 15 is 0 Å². The number of para-hydroxylation sites is 1. The molecule has 1 amide bonds. The van der Waals surface area contributed by atoms with Gasteiger partial charge in [-0.1, -0.05) is 40.2 Å². The second kappa shape index (κ2) is 9.38. The third-order valence-corrected chi connectivity index (χ3v) is 4.66. The summed E-state index contributed by atoms with van der Waals surface area (Å²) in [5.74, 6) is 0.629. The van der Waals surface area contributed by atoms with Gasteiger partial charge >= 0.3 is 6.01 Å². The lowest BCUT2D eigenvalue weighted by molar-refractivity contribution is 0.0937. The number of halogens is 1. The Balaban J connectivity index is 1.81. The van der Waals surface area contributed by atoms with Gasteiger partial charge in [-0.15, -0.1) is 0 Å². The van der Waals surface area contributed by atoms with E-state index in [-0.39, 0.29) is 29.7 Å². The molecule has 7 nitrogen and oxygen atoms in total. The van der Waals surface area contributed by atoms with Crippen LogP contribution in [0.5, 0.6) is 23.5 Å². The van der Waals surface area contributed by atoms with Crippen molar-refractivity contribution in [3.63, 3.8) is 0 Å². The van der Waals surface area contributed by atoms with Gasteiger partial charge in [0.2, 0.25) is 11.8 Å². The fourth-order valence-corrected chi connectivity index (χ4v) is 2.85. The van der Waals surface area contributed by atoms with Gasteiger partial charge in [-0.3, -0.25) is 4.79 Å². The first kappa shape index (κ1) is 20.6. The van der Waals surface area contributed by atoms with Crippen LogP contribution < -0.4 is 19.5 Å². The summed E-state index contributed by atoms with van der Waals surface area (Å²) in [7, 11) is 2.97. The maximum atomic E-state index is 12.9. The molecule has 0 aliphatic rings. The Morgan fingerprint density at radius 3 is 2.24 bits per heavy atom. The Labute approximate surface area is 177 Å². The maximum Gasteiger partial charge on any atom is 0.328 e. The number of methoxy groups -OCH3 is 2. The van der Waals surface area contributed by atoms with Gasteiger partial charge in [0.1, 0.15) is 5.75 Å². The molecular formula is C21H20BrN3O4. The molecular weight excluding hydrogens is 438 g/mol. The Hall–Kier alpha value is -3.13. The average Bonchev–Trinajstić information content (AvgIpc) is 2.74. The number of hydrogen-bond acceptors (Lipinski definition) is 6. The lowest BCUT2D eigenvalue weighted by Gasteiger charge is -2.16. The lowest BCUT2D eigenvalue weighted by Crippen LogP contribution is -2.27. The number of nitrogens with one attached hydrogen (secondary N) is 1. The van der Waals surface area contributed by atoms with Crippen LogP contribution >= 0.6 is 15.9 Å². The molecule has 29 heavy (non-hydrogen) atoms. The fourth-order valence-electron chi connectivity index (χ4n) is 2.59. The number of benzene rings is 2. The molecule has 1 atom stereocenters. The highest BCUT2D eigenvalue weighted by Crippen LogP contribution is 2.27. The fraction of sp³-hybridized carbons (Fsp3) is 0.190. The average molecular weight is 458 g/mol. The molecule has 0 fully saturated rings. The summed E-state index contributed by atoms with van der Waals surface area (Å²) in [6.45, 7) is 1.92. The van der Waals surface area contributed by atoms with Gasteiger partial charge in [-0.05, 0) is 36.8 Å². The zero-order valence-corrected chi connectivity index (χ0v) is 17.8. The van der Waals surface area contributed by atoms with Crippen molar-refractivity contribution in [1.29, 1.82) is 0 Å². The molecule has 0 aliphatic heterocycles. The minimum absolute atomic E-state index is 0.0161. The topological polar surface area (TPSA) is 82.6 Å². The van der Waals surface area contributed by atoms with Gasteiger partial charge in [-0.25, -0.2) is 0 Å². The second-order valence-electron chi connectivity index (χ2n) is 6.08. The molecule has 3 aromatic rings. The largest absolute Gasteiger partial charge is 0.481 e. The molecule has 3 rings (SSSR count). The van der Waals surface area contributed by atoms with E-state index in [9.17, 15) is 4.79 Å². The van der Waals surface area contributed by atoms with Crippen molar-refractivity contribution in [3.05, 3.63) is 70.2 Å². The molecule has 0 spiro atoms. The van der Waals surface area contributed by atoms with E-state index in [4.69, 9.17) is 14.2 Å². The Morgan fingerprint density at radius 1 is 1.00 bits per heavy atom. The van der Waals surface area contributed by atoms with Crippen LogP contribution in [0.3, 0.4) is 0 Å². The second-order valence-corrected chi connectivity index (χ2v) is 7.00. The number of carbonyl (C=O) groups excluding carboxylic acids is 1. The van der Waals surface area contributed by atoms with Crippen molar-refractivity contribution in [2.24, 2.45) is 0 Å². The molecule has 8 heteroatoms. The Bertz CT molecular complexity index is 973. The van der Waals surface area contributed by atoms with Crippen molar-refractivity contribution in [2.45, 2.75) is 13.0 Å². The zero-order chi connectivity index (χ0) is 20.8. The van der Waals surface area contributed by atoms with Gasteiger partial charge in [0.15, 0.2) is 0 Å². The highest BCUT2D eigenvalue weighted by molar-refractivity contribution is 9.10. The van der Waals surface area contributed by atoms with E-state index in [0.29, 0.717) is 11.3 Å². The number of hydrogen-bond donors (Lipinski definition) is 1. The highest BCUT2D eigenvalue weighted by Gasteiger charge is 2.17. The van der Waals surface area contributed by atoms with E-state index in [0.717, 1.165) is 10.0 Å². The molecule has 0 radical (unpaired) electrons. The lowest BCUT2D eigenvalue weighted by atomic mass is 10.1. The van der Waals surface area contributed by atoms with E-state index < -0.39 is 0 Å². The quantitative estimate of drug-likeness (QED) is 0.560. The van der Waals surface area contributed by atoms with Crippen molar-refractivity contribution < 1.29 is 19.0 Å². The van der Waals surface area contributed by atoms with Crippen molar-refractivity contribution in [2.75, 3.05) is 14.2 Å².